The highest BCUT2D eigenvalue weighted by Gasteiger charge is 2.06. The van der Waals surface area contributed by atoms with Crippen LogP contribution in [0.15, 0.2) is 47.1 Å². The minimum absolute atomic E-state index is 0.579. The van der Waals surface area contributed by atoms with E-state index in [1.807, 2.05) is 41.4 Å². The number of hydrogen-bond donors (Lipinski definition) is 0. The first-order valence-corrected chi connectivity index (χ1v) is 4.33. The minimum atomic E-state index is 0.579. The van der Waals surface area contributed by atoms with Crippen molar-refractivity contribution in [3.63, 3.8) is 0 Å². The second-order valence-corrected chi connectivity index (χ2v) is 2.95. The van der Waals surface area contributed by atoms with E-state index in [2.05, 4.69) is 11.1 Å². The molecule has 0 unspecified atom stereocenters. The lowest BCUT2D eigenvalue weighted by Gasteiger charge is -2.20. The average molecular weight is 183 g/mol. The summed E-state index contributed by atoms with van der Waals surface area (Å²) in [7, 11) is 0. The van der Waals surface area contributed by atoms with Crippen LogP contribution in [0.1, 0.15) is 0 Å². The van der Waals surface area contributed by atoms with E-state index in [1.54, 1.807) is 6.21 Å². The van der Waals surface area contributed by atoms with E-state index in [4.69, 9.17) is 5.26 Å². The molecule has 1 aromatic carbocycles. The summed E-state index contributed by atoms with van der Waals surface area (Å²) in [5.74, 6) is 0. The Bertz CT molecular complexity index is 412. The van der Waals surface area contributed by atoms with E-state index in [1.165, 1.54) is 0 Å². The van der Waals surface area contributed by atoms with Crippen LogP contribution < -0.4 is 4.90 Å². The van der Waals surface area contributed by atoms with Crippen LogP contribution in [-0.2, 0) is 0 Å². The molecule has 0 spiro atoms. The van der Waals surface area contributed by atoms with Gasteiger partial charge in [0.25, 0.3) is 0 Å². The summed E-state index contributed by atoms with van der Waals surface area (Å²) in [6.45, 7) is 0.579. The number of aliphatic imine (C=N–C) groups is 1. The fourth-order valence-corrected chi connectivity index (χ4v) is 1.30. The molecular formula is C11H9N3. The van der Waals surface area contributed by atoms with Gasteiger partial charge in [0.1, 0.15) is 12.7 Å². The molecule has 3 nitrogen and oxygen atoms in total. The third-order valence-electron chi connectivity index (χ3n) is 1.98. The first-order chi connectivity index (χ1) is 6.90. The summed E-state index contributed by atoms with van der Waals surface area (Å²) in [6.07, 6.45) is 3.40. The molecule has 3 heteroatoms. The quantitative estimate of drug-likeness (QED) is 0.667. The summed E-state index contributed by atoms with van der Waals surface area (Å²) in [5, 5.41) is 8.72. The number of nitrogens with zero attached hydrogens (tertiary/aromatic N) is 3. The Morgan fingerprint density at radius 1 is 1.29 bits per heavy atom. The van der Waals surface area contributed by atoms with E-state index in [9.17, 15) is 0 Å². The van der Waals surface area contributed by atoms with Crippen molar-refractivity contribution in [2.45, 2.75) is 0 Å². The first kappa shape index (κ1) is 8.52. The van der Waals surface area contributed by atoms with Crippen molar-refractivity contribution in [3.8, 4) is 6.07 Å². The van der Waals surface area contributed by atoms with Crippen molar-refractivity contribution in [2.75, 3.05) is 11.6 Å². The van der Waals surface area contributed by atoms with E-state index in [-0.39, 0.29) is 0 Å². The van der Waals surface area contributed by atoms with Gasteiger partial charge in [0, 0.05) is 18.1 Å². The molecule has 0 aromatic heterocycles. The third-order valence-corrected chi connectivity index (χ3v) is 1.98. The second-order valence-electron chi connectivity index (χ2n) is 2.95. The molecule has 0 radical (unpaired) electrons. The van der Waals surface area contributed by atoms with Crippen molar-refractivity contribution < 1.29 is 0 Å². The molecule has 68 valence electrons. The fourth-order valence-electron chi connectivity index (χ4n) is 1.30. The highest BCUT2D eigenvalue weighted by atomic mass is 15.2. The van der Waals surface area contributed by atoms with Gasteiger partial charge in [0.2, 0.25) is 0 Å². The summed E-state index contributed by atoms with van der Waals surface area (Å²) in [5.41, 5.74) is 1.64. The lowest BCUT2D eigenvalue weighted by atomic mass is 10.2. The maximum Gasteiger partial charge on any atom is 0.114 e. The Kier molecular flexibility index (Phi) is 2.28. The number of benzene rings is 1. The van der Waals surface area contributed by atoms with Gasteiger partial charge in [-0.2, -0.15) is 5.26 Å². The van der Waals surface area contributed by atoms with Gasteiger partial charge in [0.15, 0.2) is 0 Å². The Balaban J connectivity index is 2.27. The lowest BCUT2D eigenvalue weighted by molar-refractivity contribution is 0.964. The molecule has 0 aliphatic carbocycles. The molecule has 0 saturated carbocycles. The minimum Gasteiger partial charge on any atom is -0.327 e. The van der Waals surface area contributed by atoms with E-state index in [0.717, 1.165) is 5.69 Å². The van der Waals surface area contributed by atoms with Crippen LogP contribution in [0, 0.1) is 11.3 Å². The number of nitriles is 1. The molecule has 0 amide bonds. The molecule has 0 saturated heterocycles. The van der Waals surface area contributed by atoms with Crippen LogP contribution in [0.4, 0.5) is 5.69 Å². The molecule has 2 rings (SSSR count). The largest absolute Gasteiger partial charge is 0.327 e. The van der Waals surface area contributed by atoms with Crippen molar-refractivity contribution in [1.82, 2.24) is 0 Å². The Morgan fingerprint density at radius 3 is 2.79 bits per heavy atom. The van der Waals surface area contributed by atoms with Gasteiger partial charge in [0.05, 0.1) is 5.57 Å². The molecule has 1 heterocycles. The van der Waals surface area contributed by atoms with Crippen molar-refractivity contribution in [3.05, 3.63) is 42.1 Å². The smallest absolute Gasteiger partial charge is 0.114 e. The summed E-state index contributed by atoms with van der Waals surface area (Å²) >= 11 is 0. The van der Waals surface area contributed by atoms with Crippen LogP contribution >= 0.6 is 0 Å². The van der Waals surface area contributed by atoms with Crippen LogP contribution in [-0.4, -0.2) is 12.9 Å². The molecule has 0 bridgehead atoms. The van der Waals surface area contributed by atoms with Gasteiger partial charge in [-0.25, -0.2) is 0 Å². The maximum atomic E-state index is 8.72. The Hall–Kier alpha value is -2.08. The number of para-hydroxylation sites is 1. The van der Waals surface area contributed by atoms with E-state index < -0.39 is 0 Å². The molecular weight excluding hydrogens is 174 g/mol. The van der Waals surface area contributed by atoms with Gasteiger partial charge in [-0.05, 0) is 12.1 Å². The fraction of sp³-hybridized carbons (Fsp3) is 0.0909. The Labute approximate surface area is 82.6 Å². The zero-order chi connectivity index (χ0) is 9.80. The topological polar surface area (TPSA) is 39.4 Å². The predicted octanol–water partition coefficient (Wildman–Crippen LogP) is 1.94. The number of rotatable bonds is 1. The summed E-state index contributed by atoms with van der Waals surface area (Å²) < 4.78 is 0. The van der Waals surface area contributed by atoms with Crippen LogP contribution in [0.25, 0.3) is 0 Å². The molecule has 0 N–H and O–H groups in total. The van der Waals surface area contributed by atoms with Gasteiger partial charge >= 0.3 is 0 Å². The van der Waals surface area contributed by atoms with Gasteiger partial charge in [-0.15, -0.1) is 0 Å². The van der Waals surface area contributed by atoms with Crippen LogP contribution in [0.5, 0.6) is 0 Å². The SMILES string of the molecule is N#CC1=CN(c2ccccc2)CN=C1. The maximum absolute atomic E-state index is 8.72. The number of hydrogen-bond acceptors (Lipinski definition) is 3. The second kappa shape index (κ2) is 3.75. The highest BCUT2D eigenvalue weighted by Crippen LogP contribution is 2.16. The van der Waals surface area contributed by atoms with E-state index >= 15 is 0 Å². The van der Waals surface area contributed by atoms with E-state index in [0.29, 0.717) is 12.2 Å². The summed E-state index contributed by atoms with van der Waals surface area (Å²) in [6, 6.07) is 12.0. The van der Waals surface area contributed by atoms with Gasteiger partial charge < -0.3 is 4.90 Å². The highest BCUT2D eigenvalue weighted by molar-refractivity contribution is 5.85. The zero-order valence-electron chi connectivity index (χ0n) is 7.59. The molecule has 1 aliphatic rings. The van der Waals surface area contributed by atoms with Crippen molar-refractivity contribution in [2.24, 2.45) is 4.99 Å². The molecule has 0 fully saturated rings. The van der Waals surface area contributed by atoms with Crippen molar-refractivity contribution >= 4 is 11.9 Å². The molecule has 1 aliphatic heterocycles. The average Bonchev–Trinajstić information content (AvgIpc) is 2.30. The molecule has 1 aromatic rings. The molecule has 0 atom stereocenters. The Morgan fingerprint density at radius 2 is 2.07 bits per heavy atom. The van der Waals surface area contributed by atoms with Crippen molar-refractivity contribution in [1.29, 1.82) is 5.26 Å². The standard InChI is InChI=1S/C11H9N3/c12-6-10-7-13-9-14(8-10)11-4-2-1-3-5-11/h1-5,7-8H,9H2. The van der Waals surface area contributed by atoms with Crippen LogP contribution in [0.3, 0.4) is 0 Å². The monoisotopic (exact) mass is 183 g/mol. The predicted molar refractivity (Wildman–Crippen MR) is 56.0 cm³/mol. The lowest BCUT2D eigenvalue weighted by Crippen LogP contribution is -2.20. The zero-order valence-corrected chi connectivity index (χ0v) is 7.59. The summed E-state index contributed by atoms with van der Waals surface area (Å²) in [4.78, 5) is 6.04. The van der Waals surface area contributed by atoms with Crippen LogP contribution in [0.2, 0.25) is 0 Å². The number of allylic oxidation sites excluding steroid dienone is 1. The number of anilines is 1. The third kappa shape index (κ3) is 1.64. The normalized spacial score (nSPS) is 14.8. The van der Waals surface area contributed by atoms with Gasteiger partial charge in [-0.3, -0.25) is 4.99 Å². The molecule has 14 heavy (non-hydrogen) atoms. The van der Waals surface area contributed by atoms with Gasteiger partial charge in [-0.1, -0.05) is 18.2 Å². The first-order valence-electron chi connectivity index (χ1n) is 4.33.